The Bertz CT molecular complexity index is 155. The summed E-state index contributed by atoms with van der Waals surface area (Å²) in [6.07, 6.45) is 0.489. The molecule has 1 aliphatic rings. The predicted molar refractivity (Wildman–Crippen MR) is 39.5 cm³/mol. The first-order valence-corrected chi connectivity index (χ1v) is 3.44. The Labute approximate surface area is 59.8 Å². The minimum absolute atomic E-state index is 0.183. The zero-order valence-electron chi connectivity index (χ0n) is 5.39. The Morgan fingerprint density at radius 1 is 1.78 bits per heavy atom. The van der Waals surface area contributed by atoms with Crippen molar-refractivity contribution in [1.82, 2.24) is 4.90 Å². The third-order valence-electron chi connectivity index (χ3n) is 1.45. The maximum absolute atomic E-state index is 10.9. The highest BCUT2D eigenvalue weighted by Crippen LogP contribution is 2.06. The normalized spacial score (nSPS) is 19.4. The van der Waals surface area contributed by atoms with Gasteiger partial charge in [-0.3, -0.25) is 4.79 Å². The van der Waals surface area contributed by atoms with Gasteiger partial charge in [0.25, 0.3) is 0 Å². The van der Waals surface area contributed by atoms with Gasteiger partial charge in [-0.15, -0.1) is 0 Å². The van der Waals surface area contributed by atoms with Crippen molar-refractivity contribution in [2.45, 2.75) is 13.3 Å². The molecule has 0 unspecified atom stereocenters. The second-order valence-corrected chi connectivity index (χ2v) is 2.70. The fraction of sp³-hybridized carbons (Fsp3) is 0.667. The minimum Gasteiger partial charge on any atom is -0.338 e. The summed E-state index contributed by atoms with van der Waals surface area (Å²) in [7, 11) is 0. The molecule has 1 heterocycles. The molecular formula is C6H9NOS. The van der Waals surface area contributed by atoms with E-state index < -0.39 is 0 Å². The van der Waals surface area contributed by atoms with Crippen LogP contribution in [0, 0.1) is 0 Å². The van der Waals surface area contributed by atoms with E-state index in [2.05, 4.69) is 0 Å². The van der Waals surface area contributed by atoms with Crippen LogP contribution in [0.25, 0.3) is 0 Å². The summed E-state index contributed by atoms with van der Waals surface area (Å²) in [4.78, 5) is 13.5. The quantitative estimate of drug-likeness (QED) is 0.501. The Morgan fingerprint density at radius 3 is 2.67 bits per heavy atom. The summed E-state index contributed by atoms with van der Waals surface area (Å²) >= 11 is 4.88. The zero-order chi connectivity index (χ0) is 6.85. The minimum atomic E-state index is 0.183. The molecule has 1 fully saturated rings. The smallest absolute Gasteiger partial charge is 0.227 e. The van der Waals surface area contributed by atoms with Crippen molar-refractivity contribution in [1.29, 1.82) is 0 Å². The van der Waals surface area contributed by atoms with Gasteiger partial charge in [0.2, 0.25) is 5.91 Å². The van der Waals surface area contributed by atoms with Gasteiger partial charge in [0, 0.05) is 11.4 Å². The lowest BCUT2D eigenvalue weighted by Gasteiger charge is -2.09. The van der Waals surface area contributed by atoms with Gasteiger partial charge < -0.3 is 4.90 Å². The fourth-order valence-electron chi connectivity index (χ4n) is 0.926. The summed E-state index contributed by atoms with van der Waals surface area (Å²) in [5.74, 6) is 0.183. The molecule has 0 aromatic rings. The fourth-order valence-corrected chi connectivity index (χ4v) is 1.20. The Balaban J connectivity index is 2.58. The average Bonchev–Trinajstić information content (AvgIpc) is 2.10. The molecule has 9 heavy (non-hydrogen) atoms. The van der Waals surface area contributed by atoms with Crippen molar-refractivity contribution in [2.24, 2.45) is 0 Å². The number of carbonyl (C=O) groups excluding carboxylic acids is 1. The van der Waals surface area contributed by atoms with E-state index in [1.807, 2.05) is 6.92 Å². The maximum atomic E-state index is 10.9. The van der Waals surface area contributed by atoms with Crippen molar-refractivity contribution in [3.8, 4) is 0 Å². The summed E-state index contributed by atoms with van der Waals surface area (Å²) in [6.45, 7) is 3.45. The first kappa shape index (κ1) is 6.68. The van der Waals surface area contributed by atoms with Crippen LogP contribution in [0.5, 0.6) is 0 Å². The number of rotatable bonds is 1. The van der Waals surface area contributed by atoms with Gasteiger partial charge in [-0.25, -0.2) is 0 Å². The topological polar surface area (TPSA) is 20.3 Å². The molecule has 0 aromatic heterocycles. The predicted octanol–water partition coefficient (Wildman–Crippen LogP) is 0.609. The largest absolute Gasteiger partial charge is 0.338 e. The van der Waals surface area contributed by atoms with Gasteiger partial charge in [0.05, 0.1) is 13.0 Å². The molecule has 0 saturated carbocycles. The van der Waals surface area contributed by atoms with E-state index in [-0.39, 0.29) is 5.91 Å². The average molecular weight is 143 g/mol. The van der Waals surface area contributed by atoms with Crippen LogP contribution in [-0.4, -0.2) is 28.8 Å². The van der Waals surface area contributed by atoms with E-state index in [1.54, 1.807) is 4.90 Å². The van der Waals surface area contributed by atoms with Crippen molar-refractivity contribution >= 4 is 23.0 Å². The molecule has 0 bridgehead atoms. The standard InChI is InChI=1S/C6H9NOS/c1-2-7-4-5(9)3-6(7)8/h2-4H2,1H3. The molecule has 1 rings (SSSR count). The number of likely N-dealkylation sites (tertiary alicyclic amines) is 1. The second-order valence-electron chi connectivity index (χ2n) is 2.12. The molecule has 0 N–H and O–H groups in total. The Kier molecular flexibility index (Phi) is 1.81. The lowest BCUT2D eigenvalue weighted by molar-refractivity contribution is -0.127. The molecule has 0 aromatic carbocycles. The summed E-state index contributed by atoms with van der Waals surface area (Å²) in [5.41, 5.74) is 0. The van der Waals surface area contributed by atoms with E-state index in [0.29, 0.717) is 13.0 Å². The van der Waals surface area contributed by atoms with Crippen molar-refractivity contribution < 1.29 is 4.79 Å². The first-order chi connectivity index (χ1) is 4.24. The number of amides is 1. The van der Waals surface area contributed by atoms with Crippen LogP contribution in [0.1, 0.15) is 13.3 Å². The molecule has 2 nitrogen and oxygen atoms in total. The van der Waals surface area contributed by atoms with Crippen LogP contribution in [0.15, 0.2) is 0 Å². The lowest BCUT2D eigenvalue weighted by Crippen LogP contribution is -2.24. The molecule has 3 heteroatoms. The number of carbonyl (C=O) groups is 1. The first-order valence-electron chi connectivity index (χ1n) is 3.03. The lowest BCUT2D eigenvalue weighted by atomic mass is 10.4. The maximum Gasteiger partial charge on any atom is 0.227 e. The molecule has 0 radical (unpaired) electrons. The van der Waals surface area contributed by atoms with Gasteiger partial charge in [0.1, 0.15) is 0 Å². The molecule has 50 valence electrons. The van der Waals surface area contributed by atoms with Crippen LogP contribution in [-0.2, 0) is 4.79 Å². The van der Waals surface area contributed by atoms with Gasteiger partial charge in [-0.2, -0.15) is 0 Å². The van der Waals surface area contributed by atoms with Gasteiger partial charge in [-0.05, 0) is 6.92 Å². The summed E-state index contributed by atoms with van der Waals surface area (Å²) in [6, 6.07) is 0. The molecule has 1 amide bonds. The Morgan fingerprint density at radius 2 is 2.44 bits per heavy atom. The molecule has 0 spiro atoms. The molecule has 1 saturated heterocycles. The second kappa shape index (κ2) is 2.43. The van der Waals surface area contributed by atoms with E-state index in [1.165, 1.54) is 0 Å². The summed E-state index contributed by atoms with van der Waals surface area (Å²) < 4.78 is 0. The van der Waals surface area contributed by atoms with Crippen LogP contribution >= 0.6 is 12.2 Å². The van der Waals surface area contributed by atoms with Gasteiger partial charge in [0.15, 0.2) is 0 Å². The SMILES string of the molecule is CCN1CC(=S)CC1=O. The van der Waals surface area contributed by atoms with E-state index in [0.717, 1.165) is 11.4 Å². The molecular weight excluding hydrogens is 134 g/mol. The molecule has 1 aliphatic heterocycles. The highest BCUT2D eigenvalue weighted by atomic mass is 32.1. The zero-order valence-corrected chi connectivity index (χ0v) is 6.20. The van der Waals surface area contributed by atoms with Gasteiger partial charge >= 0.3 is 0 Å². The van der Waals surface area contributed by atoms with Crippen LogP contribution in [0.2, 0.25) is 0 Å². The monoisotopic (exact) mass is 143 g/mol. The third kappa shape index (κ3) is 1.27. The number of hydrogen-bond acceptors (Lipinski definition) is 2. The van der Waals surface area contributed by atoms with Crippen LogP contribution in [0.3, 0.4) is 0 Å². The number of nitrogens with zero attached hydrogens (tertiary/aromatic N) is 1. The highest BCUT2D eigenvalue weighted by Gasteiger charge is 2.22. The van der Waals surface area contributed by atoms with E-state index in [9.17, 15) is 4.79 Å². The van der Waals surface area contributed by atoms with Crippen molar-refractivity contribution in [3.05, 3.63) is 0 Å². The number of thiocarbonyl (C=S) groups is 1. The third-order valence-corrected chi connectivity index (χ3v) is 1.72. The van der Waals surface area contributed by atoms with Gasteiger partial charge in [-0.1, -0.05) is 12.2 Å². The van der Waals surface area contributed by atoms with Crippen LogP contribution in [0.4, 0.5) is 0 Å². The van der Waals surface area contributed by atoms with E-state index in [4.69, 9.17) is 12.2 Å². The Hall–Kier alpha value is -0.440. The van der Waals surface area contributed by atoms with Crippen LogP contribution < -0.4 is 0 Å². The summed E-state index contributed by atoms with van der Waals surface area (Å²) in [5, 5.41) is 0. The van der Waals surface area contributed by atoms with Crippen molar-refractivity contribution in [3.63, 3.8) is 0 Å². The van der Waals surface area contributed by atoms with E-state index >= 15 is 0 Å². The van der Waals surface area contributed by atoms with Crippen molar-refractivity contribution in [2.75, 3.05) is 13.1 Å². The molecule has 0 atom stereocenters. The number of hydrogen-bond donors (Lipinski definition) is 0. The molecule has 0 aliphatic carbocycles. The highest BCUT2D eigenvalue weighted by molar-refractivity contribution is 7.80.